The fourth-order valence-corrected chi connectivity index (χ4v) is 3.45. The summed E-state index contributed by atoms with van der Waals surface area (Å²) < 4.78 is 10.7. The van der Waals surface area contributed by atoms with Crippen LogP contribution < -0.4 is 15.4 Å². The predicted octanol–water partition coefficient (Wildman–Crippen LogP) is 2.57. The first-order valence-corrected chi connectivity index (χ1v) is 11.1. The molecule has 2 rings (SSSR count). The molecule has 176 valence electrons. The number of amides is 2. The number of amidine groups is 1. The zero-order valence-electron chi connectivity index (χ0n) is 19.2. The van der Waals surface area contributed by atoms with Gasteiger partial charge in [-0.25, -0.2) is 0 Å². The molecular formula is C23H34N4O5. The number of benzene rings is 1. The Labute approximate surface area is 189 Å². The monoisotopic (exact) mass is 446 g/mol. The van der Waals surface area contributed by atoms with E-state index in [1.54, 1.807) is 30.0 Å². The van der Waals surface area contributed by atoms with Crippen LogP contribution in [-0.4, -0.2) is 61.4 Å². The smallest absolute Gasteiger partial charge is 0.307 e. The standard InChI is InChI=1S/C23H34N4O5/c1-4-31-22(29)10-11-26-15-21(28)27(14-16(2)3)19-9-8-17(13-18(19)23(26)30)32-12-6-5-7-20(24)25/h8-9,13,16H,4-7,10-12,14-15H2,1-3H3,(H3,24,25). The van der Waals surface area contributed by atoms with Gasteiger partial charge in [-0.2, -0.15) is 0 Å². The minimum absolute atomic E-state index is 0.0265. The lowest BCUT2D eigenvalue weighted by atomic mass is 10.1. The van der Waals surface area contributed by atoms with Crippen molar-refractivity contribution < 1.29 is 23.9 Å². The Balaban J connectivity index is 2.22. The van der Waals surface area contributed by atoms with E-state index < -0.39 is 5.97 Å². The highest BCUT2D eigenvalue weighted by Gasteiger charge is 2.32. The van der Waals surface area contributed by atoms with Crippen molar-refractivity contribution in [3.8, 4) is 5.75 Å². The molecule has 3 N–H and O–H groups in total. The molecular weight excluding hydrogens is 412 g/mol. The zero-order valence-corrected chi connectivity index (χ0v) is 19.2. The summed E-state index contributed by atoms with van der Waals surface area (Å²) in [6, 6.07) is 5.16. The number of carbonyl (C=O) groups is 3. The molecule has 9 heteroatoms. The summed E-state index contributed by atoms with van der Waals surface area (Å²) in [5, 5.41) is 7.26. The van der Waals surface area contributed by atoms with Gasteiger partial charge in [0.2, 0.25) is 5.91 Å². The summed E-state index contributed by atoms with van der Waals surface area (Å²) in [7, 11) is 0. The third-order valence-electron chi connectivity index (χ3n) is 4.95. The molecule has 1 aromatic rings. The Morgan fingerprint density at radius 3 is 2.62 bits per heavy atom. The van der Waals surface area contributed by atoms with E-state index in [4.69, 9.17) is 20.6 Å². The van der Waals surface area contributed by atoms with E-state index in [0.717, 1.165) is 12.8 Å². The Bertz CT molecular complexity index is 840. The van der Waals surface area contributed by atoms with E-state index in [1.165, 1.54) is 4.90 Å². The number of nitrogens with one attached hydrogen (secondary N) is 1. The minimum atomic E-state index is -0.404. The second kappa shape index (κ2) is 12.1. The number of nitrogens with two attached hydrogens (primary N) is 1. The number of ether oxygens (including phenoxy) is 2. The fourth-order valence-electron chi connectivity index (χ4n) is 3.45. The molecule has 1 aliphatic heterocycles. The van der Waals surface area contributed by atoms with Gasteiger partial charge in [-0.3, -0.25) is 19.8 Å². The van der Waals surface area contributed by atoms with Gasteiger partial charge in [0.25, 0.3) is 5.91 Å². The van der Waals surface area contributed by atoms with E-state index in [9.17, 15) is 14.4 Å². The normalized spacial score (nSPS) is 13.8. The lowest BCUT2D eigenvalue weighted by Gasteiger charge is -2.24. The van der Waals surface area contributed by atoms with E-state index >= 15 is 0 Å². The van der Waals surface area contributed by atoms with Crippen LogP contribution in [0.5, 0.6) is 5.75 Å². The summed E-state index contributed by atoms with van der Waals surface area (Å²) in [5.41, 5.74) is 6.29. The van der Waals surface area contributed by atoms with Crippen molar-refractivity contribution in [2.45, 2.75) is 46.5 Å². The van der Waals surface area contributed by atoms with Crippen LogP contribution in [0.15, 0.2) is 18.2 Å². The van der Waals surface area contributed by atoms with Gasteiger partial charge in [-0.15, -0.1) is 0 Å². The van der Waals surface area contributed by atoms with Gasteiger partial charge in [0.1, 0.15) is 12.3 Å². The van der Waals surface area contributed by atoms with Crippen LogP contribution in [0.2, 0.25) is 0 Å². The molecule has 9 nitrogen and oxygen atoms in total. The molecule has 0 aliphatic carbocycles. The van der Waals surface area contributed by atoms with E-state index in [1.807, 2.05) is 13.8 Å². The van der Waals surface area contributed by atoms with Crippen LogP contribution in [0.1, 0.15) is 56.8 Å². The van der Waals surface area contributed by atoms with Gasteiger partial charge in [0, 0.05) is 19.5 Å². The summed E-state index contributed by atoms with van der Waals surface area (Å²) in [6.07, 6.45) is 2.03. The van der Waals surface area contributed by atoms with Gasteiger partial charge in [-0.05, 0) is 43.9 Å². The molecule has 0 unspecified atom stereocenters. The van der Waals surface area contributed by atoms with Crippen molar-refractivity contribution in [1.29, 1.82) is 5.41 Å². The fraction of sp³-hybridized carbons (Fsp3) is 0.565. The maximum absolute atomic E-state index is 13.3. The number of hydrogen-bond donors (Lipinski definition) is 2. The Morgan fingerprint density at radius 2 is 1.97 bits per heavy atom. The molecule has 1 aliphatic rings. The number of esters is 1. The molecule has 32 heavy (non-hydrogen) atoms. The molecule has 2 amide bonds. The maximum Gasteiger partial charge on any atom is 0.307 e. The first kappa shape index (κ1) is 25.2. The first-order valence-electron chi connectivity index (χ1n) is 11.1. The summed E-state index contributed by atoms with van der Waals surface area (Å²) in [4.78, 5) is 41.1. The third kappa shape index (κ3) is 7.25. The Hall–Kier alpha value is -3.10. The number of carbonyl (C=O) groups excluding carboxylic acids is 3. The minimum Gasteiger partial charge on any atom is -0.494 e. The van der Waals surface area contributed by atoms with Crippen molar-refractivity contribution in [2.75, 3.05) is 37.7 Å². The molecule has 0 radical (unpaired) electrons. The Morgan fingerprint density at radius 1 is 1.22 bits per heavy atom. The van der Waals surface area contributed by atoms with E-state index in [0.29, 0.717) is 36.6 Å². The number of fused-ring (bicyclic) bond motifs is 1. The highest BCUT2D eigenvalue weighted by molar-refractivity contribution is 6.10. The molecule has 0 fully saturated rings. The van der Waals surface area contributed by atoms with Gasteiger partial charge in [0.05, 0.1) is 36.7 Å². The lowest BCUT2D eigenvalue weighted by molar-refractivity contribution is -0.143. The van der Waals surface area contributed by atoms with Crippen LogP contribution >= 0.6 is 0 Å². The van der Waals surface area contributed by atoms with Crippen molar-refractivity contribution in [2.24, 2.45) is 11.7 Å². The number of hydrogen-bond acceptors (Lipinski definition) is 6. The SMILES string of the molecule is CCOC(=O)CCN1CC(=O)N(CC(C)C)c2ccc(OCCCCC(=N)N)cc2C1=O. The largest absolute Gasteiger partial charge is 0.494 e. The summed E-state index contributed by atoms with van der Waals surface area (Å²) >= 11 is 0. The maximum atomic E-state index is 13.3. The van der Waals surface area contributed by atoms with Crippen LogP contribution in [0.4, 0.5) is 5.69 Å². The molecule has 0 saturated heterocycles. The quantitative estimate of drug-likeness (QED) is 0.220. The topological polar surface area (TPSA) is 126 Å². The summed E-state index contributed by atoms with van der Waals surface area (Å²) in [6.45, 7) is 6.93. The predicted molar refractivity (Wildman–Crippen MR) is 122 cm³/mol. The van der Waals surface area contributed by atoms with Crippen molar-refractivity contribution in [3.05, 3.63) is 23.8 Å². The average Bonchev–Trinajstić information content (AvgIpc) is 2.82. The van der Waals surface area contributed by atoms with E-state index in [2.05, 4.69) is 0 Å². The van der Waals surface area contributed by atoms with Gasteiger partial charge >= 0.3 is 5.97 Å². The Kier molecular flexibility index (Phi) is 9.49. The average molecular weight is 447 g/mol. The molecule has 0 saturated carbocycles. The van der Waals surface area contributed by atoms with Crippen molar-refractivity contribution >= 4 is 29.3 Å². The van der Waals surface area contributed by atoms with E-state index in [-0.39, 0.29) is 49.7 Å². The third-order valence-corrected chi connectivity index (χ3v) is 4.95. The summed E-state index contributed by atoms with van der Waals surface area (Å²) in [5.74, 6) is -0.00913. The zero-order chi connectivity index (χ0) is 23.7. The lowest BCUT2D eigenvalue weighted by Crippen LogP contribution is -2.41. The molecule has 1 heterocycles. The second-order valence-electron chi connectivity index (χ2n) is 8.19. The number of nitrogens with zero attached hydrogens (tertiary/aromatic N) is 2. The highest BCUT2D eigenvalue weighted by atomic mass is 16.5. The van der Waals surface area contributed by atoms with Crippen LogP contribution in [-0.2, 0) is 14.3 Å². The first-order chi connectivity index (χ1) is 15.2. The van der Waals surface area contributed by atoms with Crippen LogP contribution in [0.3, 0.4) is 0 Å². The van der Waals surface area contributed by atoms with Gasteiger partial charge in [0.15, 0.2) is 0 Å². The number of unbranched alkanes of at least 4 members (excludes halogenated alkanes) is 1. The molecule has 1 aromatic carbocycles. The molecule has 0 spiro atoms. The van der Waals surface area contributed by atoms with Crippen LogP contribution in [0.25, 0.3) is 0 Å². The molecule has 0 aromatic heterocycles. The van der Waals surface area contributed by atoms with Gasteiger partial charge in [-0.1, -0.05) is 13.8 Å². The van der Waals surface area contributed by atoms with Crippen LogP contribution in [0, 0.1) is 11.3 Å². The van der Waals surface area contributed by atoms with Gasteiger partial charge < -0.3 is 25.0 Å². The highest BCUT2D eigenvalue weighted by Crippen LogP contribution is 2.30. The molecule has 0 bridgehead atoms. The number of anilines is 1. The molecule has 0 atom stereocenters. The van der Waals surface area contributed by atoms with Crippen molar-refractivity contribution in [3.63, 3.8) is 0 Å². The van der Waals surface area contributed by atoms with Crippen molar-refractivity contribution in [1.82, 2.24) is 4.90 Å². The number of rotatable bonds is 12. The second-order valence-corrected chi connectivity index (χ2v) is 8.19.